The van der Waals surface area contributed by atoms with Gasteiger partial charge < -0.3 is 5.32 Å². The maximum Gasteiger partial charge on any atom is 0.262 e. The molecule has 0 aliphatic carbocycles. The minimum Gasteiger partial charge on any atom is -0.310 e. The fourth-order valence-electron chi connectivity index (χ4n) is 2.92. The van der Waals surface area contributed by atoms with E-state index in [2.05, 4.69) is 31.2 Å². The number of carbonyl (C=O) groups excluding carboxylic acids is 1. The molecule has 4 rings (SSSR count). The Morgan fingerprint density at radius 1 is 1.03 bits per heavy atom. The number of benzene rings is 2. The SMILES string of the molecule is O=C(CSc1nc2ccccc2c(=O)n1Cc1ccccc1)Nc1ccc(Br)cn1. The highest BCUT2D eigenvalue weighted by atomic mass is 79.9. The molecule has 0 unspecified atom stereocenters. The summed E-state index contributed by atoms with van der Waals surface area (Å²) >= 11 is 4.54. The molecule has 2 aromatic heterocycles. The second-order valence-corrected chi connectivity index (χ2v) is 8.35. The highest BCUT2D eigenvalue weighted by molar-refractivity contribution is 9.10. The van der Waals surface area contributed by atoms with Gasteiger partial charge in [-0.05, 0) is 45.8 Å². The van der Waals surface area contributed by atoms with E-state index in [0.29, 0.717) is 28.4 Å². The first-order valence-corrected chi connectivity index (χ1v) is 11.0. The molecule has 0 bridgehead atoms. The maximum atomic E-state index is 13.1. The summed E-state index contributed by atoms with van der Waals surface area (Å²) in [5.74, 6) is 0.359. The number of para-hydroxylation sites is 1. The summed E-state index contributed by atoms with van der Waals surface area (Å²) in [6.07, 6.45) is 1.62. The van der Waals surface area contributed by atoms with Gasteiger partial charge in [-0.15, -0.1) is 0 Å². The zero-order chi connectivity index (χ0) is 20.9. The maximum absolute atomic E-state index is 13.1. The Kier molecular flexibility index (Phi) is 6.25. The Morgan fingerprint density at radius 2 is 1.80 bits per heavy atom. The lowest BCUT2D eigenvalue weighted by Crippen LogP contribution is -2.25. The van der Waals surface area contributed by atoms with Gasteiger partial charge in [-0.3, -0.25) is 14.2 Å². The smallest absolute Gasteiger partial charge is 0.262 e. The van der Waals surface area contributed by atoms with Crippen molar-refractivity contribution in [2.24, 2.45) is 0 Å². The third-order valence-corrected chi connectivity index (χ3v) is 5.78. The standard InChI is InChI=1S/C22H17BrN4O2S/c23-16-10-11-19(24-12-16)26-20(28)14-30-22-25-18-9-5-4-8-17(18)21(29)27(22)13-15-6-2-1-3-7-15/h1-12H,13-14H2,(H,24,26,28). The summed E-state index contributed by atoms with van der Waals surface area (Å²) in [5, 5.41) is 3.81. The van der Waals surface area contributed by atoms with Crippen molar-refractivity contribution in [3.63, 3.8) is 0 Å². The van der Waals surface area contributed by atoms with Crippen LogP contribution in [0.15, 0.2) is 87.4 Å². The number of hydrogen-bond donors (Lipinski definition) is 1. The highest BCUT2D eigenvalue weighted by Crippen LogP contribution is 2.19. The number of hydrogen-bond acceptors (Lipinski definition) is 5. The summed E-state index contributed by atoms with van der Waals surface area (Å²) < 4.78 is 2.45. The van der Waals surface area contributed by atoms with E-state index < -0.39 is 0 Å². The van der Waals surface area contributed by atoms with Crippen LogP contribution in [0, 0.1) is 0 Å². The molecule has 0 aliphatic heterocycles. The molecule has 1 N–H and O–H groups in total. The largest absolute Gasteiger partial charge is 0.310 e. The molecule has 30 heavy (non-hydrogen) atoms. The molecule has 0 saturated carbocycles. The summed E-state index contributed by atoms with van der Waals surface area (Å²) in [5.41, 5.74) is 1.48. The van der Waals surface area contributed by atoms with Crippen LogP contribution in [0.3, 0.4) is 0 Å². The fourth-order valence-corrected chi connectivity index (χ4v) is 3.96. The van der Waals surface area contributed by atoms with E-state index in [1.54, 1.807) is 35.0 Å². The van der Waals surface area contributed by atoms with Crippen LogP contribution in [-0.4, -0.2) is 26.2 Å². The molecular formula is C22H17BrN4O2S. The number of pyridine rings is 1. The van der Waals surface area contributed by atoms with Crippen LogP contribution in [0.25, 0.3) is 10.9 Å². The van der Waals surface area contributed by atoms with Crippen molar-refractivity contribution in [1.29, 1.82) is 0 Å². The van der Waals surface area contributed by atoms with E-state index in [0.717, 1.165) is 10.0 Å². The van der Waals surface area contributed by atoms with Crippen LogP contribution < -0.4 is 10.9 Å². The van der Waals surface area contributed by atoms with Gasteiger partial charge in [-0.1, -0.05) is 54.2 Å². The van der Waals surface area contributed by atoms with Gasteiger partial charge >= 0.3 is 0 Å². The molecule has 4 aromatic rings. The van der Waals surface area contributed by atoms with E-state index in [-0.39, 0.29) is 17.2 Å². The molecule has 0 atom stereocenters. The summed E-state index contributed by atoms with van der Waals surface area (Å²) in [6.45, 7) is 0.385. The van der Waals surface area contributed by atoms with Gasteiger partial charge in [-0.2, -0.15) is 0 Å². The summed E-state index contributed by atoms with van der Waals surface area (Å²) in [7, 11) is 0. The number of halogens is 1. The minimum absolute atomic E-state index is 0.108. The lowest BCUT2D eigenvalue weighted by Gasteiger charge is -2.13. The molecule has 2 heterocycles. The third-order valence-electron chi connectivity index (χ3n) is 4.34. The van der Waals surface area contributed by atoms with E-state index in [1.807, 2.05) is 42.5 Å². The molecule has 150 valence electrons. The summed E-state index contributed by atoms with van der Waals surface area (Å²) in [6, 6.07) is 20.5. The summed E-state index contributed by atoms with van der Waals surface area (Å²) in [4.78, 5) is 34.3. The van der Waals surface area contributed by atoms with Gasteiger partial charge in [0.15, 0.2) is 5.16 Å². The molecule has 8 heteroatoms. The van der Waals surface area contributed by atoms with Gasteiger partial charge in [0.2, 0.25) is 5.91 Å². The topological polar surface area (TPSA) is 76.9 Å². The third kappa shape index (κ3) is 4.77. The Hall–Kier alpha value is -2.97. The van der Waals surface area contributed by atoms with Crippen LogP contribution in [0.5, 0.6) is 0 Å². The first-order valence-electron chi connectivity index (χ1n) is 9.18. The van der Waals surface area contributed by atoms with Crippen molar-refractivity contribution in [2.45, 2.75) is 11.7 Å². The number of amides is 1. The van der Waals surface area contributed by atoms with Crippen molar-refractivity contribution in [3.05, 3.63) is 93.3 Å². The van der Waals surface area contributed by atoms with E-state index in [1.165, 1.54) is 11.8 Å². The van der Waals surface area contributed by atoms with E-state index in [9.17, 15) is 9.59 Å². The highest BCUT2D eigenvalue weighted by Gasteiger charge is 2.14. The number of thioether (sulfide) groups is 1. The van der Waals surface area contributed by atoms with Crippen molar-refractivity contribution in [1.82, 2.24) is 14.5 Å². The predicted octanol–water partition coefficient (Wildman–Crippen LogP) is 4.33. The normalized spacial score (nSPS) is 10.8. The molecular weight excluding hydrogens is 464 g/mol. The first-order chi connectivity index (χ1) is 14.6. The average Bonchev–Trinajstić information content (AvgIpc) is 2.77. The van der Waals surface area contributed by atoms with Crippen LogP contribution in [-0.2, 0) is 11.3 Å². The lowest BCUT2D eigenvalue weighted by molar-refractivity contribution is -0.113. The minimum atomic E-state index is -0.219. The number of anilines is 1. The first kappa shape index (κ1) is 20.3. The zero-order valence-corrected chi connectivity index (χ0v) is 18.2. The molecule has 0 aliphatic rings. The number of rotatable bonds is 6. The lowest BCUT2D eigenvalue weighted by atomic mass is 10.2. The second kappa shape index (κ2) is 9.23. The van der Waals surface area contributed by atoms with Gasteiger partial charge in [0.25, 0.3) is 5.56 Å². The molecule has 1 amide bonds. The predicted molar refractivity (Wildman–Crippen MR) is 123 cm³/mol. The number of carbonyl (C=O) groups is 1. The van der Waals surface area contributed by atoms with Crippen LogP contribution >= 0.6 is 27.7 Å². The second-order valence-electron chi connectivity index (χ2n) is 6.49. The quantitative estimate of drug-likeness (QED) is 0.328. The molecule has 0 fully saturated rings. The van der Waals surface area contributed by atoms with Crippen LogP contribution in [0.4, 0.5) is 5.82 Å². The number of nitrogens with one attached hydrogen (secondary N) is 1. The number of nitrogens with zero attached hydrogens (tertiary/aromatic N) is 3. The fraction of sp³-hybridized carbons (Fsp3) is 0.0909. The van der Waals surface area contributed by atoms with Gasteiger partial charge in [-0.25, -0.2) is 9.97 Å². The van der Waals surface area contributed by atoms with Gasteiger partial charge in [0.1, 0.15) is 5.82 Å². The molecule has 0 spiro atoms. The van der Waals surface area contributed by atoms with Gasteiger partial charge in [0.05, 0.1) is 23.2 Å². The molecule has 6 nitrogen and oxygen atoms in total. The van der Waals surface area contributed by atoms with E-state index >= 15 is 0 Å². The zero-order valence-electron chi connectivity index (χ0n) is 15.8. The Morgan fingerprint density at radius 3 is 2.57 bits per heavy atom. The molecule has 0 saturated heterocycles. The van der Waals surface area contributed by atoms with Crippen LogP contribution in [0.2, 0.25) is 0 Å². The van der Waals surface area contributed by atoms with Crippen molar-refractivity contribution >= 4 is 50.3 Å². The van der Waals surface area contributed by atoms with Crippen molar-refractivity contribution in [2.75, 3.05) is 11.1 Å². The number of fused-ring (bicyclic) bond motifs is 1. The Bertz CT molecular complexity index is 1240. The number of aromatic nitrogens is 3. The average molecular weight is 481 g/mol. The molecule has 2 aromatic carbocycles. The monoisotopic (exact) mass is 480 g/mol. The Balaban J connectivity index is 1.60. The van der Waals surface area contributed by atoms with Crippen molar-refractivity contribution < 1.29 is 4.79 Å². The van der Waals surface area contributed by atoms with E-state index in [4.69, 9.17) is 0 Å². The van der Waals surface area contributed by atoms with Gasteiger partial charge in [0, 0.05) is 10.7 Å². The molecule has 0 radical (unpaired) electrons. The van der Waals surface area contributed by atoms with Crippen LogP contribution in [0.1, 0.15) is 5.56 Å². The Labute approximate surface area is 185 Å². The van der Waals surface area contributed by atoms with Crippen molar-refractivity contribution in [3.8, 4) is 0 Å².